The van der Waals surface area contributed by atoms with Crippen molar-refractivity contribution in [3.05, 3.63) is 22.9 Å². The second kappa shape index (κ2) is 6.68. The largest absolute Gasteiger partial charge is 0.384 e. The van der Waals surface area contributed by atoms with Gasteiger partial charge in [0.25, 0.3) is 5.89 Å². The zero-order valence-corrected chi connectivity index (χ0v) is 13.1. The van der Waals surface area contributed by atoms with E-state index in [0.29, 0.717) is 5.82 Å². The third-order valence-corrected chi connectivity index (χ3v) is 4.83. The van der Waals surface area contributed by atoms with Gasteiger partial charge in [-0.25, -0.2) is 0 Å². The van der Waals surface area contributed by atoms with Crippen molar-refractivity contribution < 1.29 is 9.63 Å². The molecular formula is C15H21N3O2S. The molecule has 0 aromatic carbocycles. The molecule has 1 aliphatic rings. The molecule has 1 atom stereocenters. The molecule has 3 heterocycles. The fourth-order valence-electron chi connectivity index (χ4n) is 2.60. The van der Waals surface area contributed by atoms with Gasteiger partial charge in [-0.15, -0.1) is 11.3 Å². The summed E-state index contributed by atoms with van der Waals surface area (Å²) in [6.45, 7) is 5.02. The van der Waals surface area contributed by atoms with Gasteiger partial charge in [-0.3, -0.25) is 4.90 Å². The van der Waals surface area contributed by atoms with Gasteiger partial charge in [-0.2, -0.15) is 4.98 Å². The number of aromatic nitrogens is 2. The second-order valence-corrected chi connectivity index (χ2v) is 6.76. The van der Waals surface area contributed by atoms with Crippen molar-refractivity contribution in [3.8, 4) is 10.7 Å². The van der Waals surface area contributed by atoms with Gasteiger partial charge in [0.2, 0.25) is 5.82 Å². The highest BCUT2D eigenvalue weighted by Gasteiger charge is 2.15. The molecule has 3 rings (SSSR count). The molecule has 5 nitrogen and oxygen atoms in total. The van der Waals surface area contributed by atoms with Crippen LogP contribution in [0.4, 0.5) is 0 Å². The van der Waals surface area contributed by atoms with Crippen LogP contribution >= 0.6 is 11.3 Å². The molecule has 0 amide bonds. The van der Waals surface area contributed by atoms with Crippen LogP contribution in [0, 0.1) is 0 Å². The van der Waals surface area contributed by atoms with Gasteiger partial charge < -0.3 is 9.63 Å². The molecule has 21 heavy (non-hydrogen) atoms. The zero-order valence-electron chi connectivity index (χ0n) is 12.3. The number of hydrogen-bond donors (Lipinski definition) is 1. The van der Waals surface area contributed by atoms with E-state index < -0.39 is 6.10 Å². The van der Waals surface area contributed by atoms with Crippen LogP contribution in [0.2, 0.25) is 0 Å². The summed E-state index contributed by atoms with van der Waals surface area (Å²) in [5.41, 5.74) is 0. The monoisotopic (exact) mass is 307 g/mol. The minimum atomic E-state index is -0.720. The summed E-state index contributed by atoms with van der Waals surface area (Å²) in [5, 5.41) is 13.4. The lowest BCUT2D eigenvalue weighted by Crippen LogP contribution is -2.23. The molecule has 6 heteroatoms. The molecular weight excluding hydrogens is 286 g/mol. The van der Waals surface area contributed by atoms with E-state index in [4.69, 9.17) is 4.52 Å². The second-order valence-electron chi connectivity index (χ2n) is 5.59. The highest BCUT2D eigenvalue weighted by Crippen LogP contribution is 2.28. The fourth-order valence-corrected chi connectivity index (χ4v) is 3.58. The number of hydrogen-bond acceptors (Lipinski definition) is 6. The molecule has 1 unspecified atom stereocenters. The van der Waals surface area contributed by atoms with Crippen molar-refractivity contribution in [2.24, 2.45) is 0 Å². The van der Waals surface area contributed by atoms with Crippen molar-refractivity contribution in [1.29, 1.82) is 0 Å². The Labute approximate surface area is 128 Å². The molecule has 1 N–H and O–H groups in total. The zero-order chi connectivity index (χ0) is 14.7. The first-order valence-electron chi connectivity index (χ1n) is 7.55. The lowest BCUT2D eigenvalue weighted by molar-refractivity contribution is 0.152. The molecule has 0 saturated carbocycles. The lowest BCUT2D eigenvalue weighted by Gasteiger charge is -2.18. The summed E-state index contributed by atoms with van der Waals surface area (Å²) >= 11 is 1.70. The predicted octanol–water partition coefficient (Wildman–Crippen LogP) is 3.23. The van der Waals surface area contributed by atoms with Crippen LogP contribution in [0.1, 0.15) is 49.5 Å². The van der Waals surface area contributed by atoms with E-state index in [0.717, 1.165) is 11.4 Å². The van der Waals surface area contributed by atoms with E-state index in [-0.39, 0.29) is 5.89 Å². The molecule has 0 spiro atoms. The Morgan fingerprint density at radius 3 is 2.71 bits per heavy atom. The maximum atomic E-state index is 9.43. The first kappa shape index (κ1) is 14.7. The smallest absolute Gasteiger partial charge is 0.255 e. The molecule has 0 bridgehead atoms. The van der Waals surface area contributed by atoms with Gasteiger partial charge in [0.05, 0.1) is 4.88 Å². The van der Waals surface area contributed by atoms with Crippen molar-refractivity contribution in [2.75, 3.05) is 13.1 Å². The summed E-state index contributed by atoms with van der Waals surface area (Å²) in [6.07, 6.45) is 4.61. The Morgan fingerprint density at radius 1 is 1.29 bits per heavy atom. The molecule has 1 fully saturated rings. The quantitative estimate of drug-likeness (QED) is 0.939. The maximum absolute atomic E-state index is 9.43. The van der Waals surface area contributed by atoms with E-state index in [9.17, 15) is 5.11 Å². The van der Waals surface area contributed by atoms with Gasteiger partial charge in [0.1, 0.15) is 6.10 Å². The molecule has 114 valence electrons. The number of nitrogens with zero attached hydrogens (tertiary/aromatic N) is 3. The van der Waals surface area contributed by atoms with Crippen molar-refractivity contribution in [1.82, 2.24) is 15.0 Å². The van der Waals surface area contributed by atoms with Crippen LogP contribution in [-0.4, -0.2) is 33.2 Å². The van der Waals surface area contributed by atoms with Gasteiger partial charge >= 0.3 is 0 Å². The Bertz CT molecular complexity index is 571. The summed E-state index contributed by atoms with van der Waals surface area (Å²) in [7, 11) is 0. The van der Waals surface area contributed by atoms with Gasteiger partial charge in [0.15, 0.2) is 0 Å². The van der Waals surface area contributed by atoms with E-state index in [1.807, 2.05) is 6.07 Å². The van der Waals surface area contributed by atoms with Crippen LogP contribution in [-0.2, 0) is 6.54 Å². The third kappa shape index (κ3) is 3.70. The first-order chi connectivity index (χ1) is 10.2. The average molecular weight is 307 g/mol. The summed E-state index contributed by atoms with van der Waals surface area (Å²) < 4.78 is 5.04. The SMILES string of the molecule is CC(O)c1nc(-c2ccc(CN3CCCCCC3)s2)no1. The Balaban J connectivity index is 1.67. The number of likely N-dealkylation sites (tertiary alicyclic amines) is 1. The predicted molar refractivity (Wildman–Crippen MR) is 82.0 cm³/mol. The molecule has 1 saturated heterocycles. The van der Waals surface area contributed by atoms with Crippen LogP contribution in [0.5, 0.6) is 0 Å². The van der Waals surface area contributed by atoms with Gasteiger partial charge in [0, 0.05) is 11.4 Å². The minimum absolute atomic E-state index is 0.271. The number of aliphatic hydroxyl groups excluding tert-OH is 1. The maximum Gasteiger partial charge on any atom is 0.255 e. The van der Waals surface area contributed by atoms with Crippen molar-refractivity contribution >= 4 is 11.3 Å². The summed E-state index contributed by atoms with van der Waals surface area (Å²) in [4.78, 5) is 9.08. The number of rotatable bonds is 4. The summed E-state index contributed by atoms with van der Waals surface area (Å²) in [6, 6.07) is 4.18. The lowest BCUT2D eigenvalue weighted by atomic mass is 10.2. The highest BCUT2D eigenvalue weighted by molar-refractivity contribution is 7.15. The van der Waals surface area contributed by atoms with E-state index in [1.54, 1.807) is 18.3 Å². The normalized spacial score (nSPS) is 18.6. The van der Waals surface area contributed by atoms with E-state index in [1.165, 1.54) is 43.6 Å². The number of aliphatic hydroxyl groups is 1. The van der Waals surface area contributed by atoms with E-state index in [2.05, 4.69) is 21.1 Å². The molecule has 1 aliphatic heterocycles. The third-order valence-electron chi connectivity index (χ3n) is 3.76. The van der Waals surface area contributed by atoms with Crippen LogP contribution in [0.25, 0.3) is 10.7 Å². The minimum Gasteiger partial charge on any atom is -0.384 e. The molecule has 2 aromatic rings. The van der Waals surface area contributed by atoms with Gasteiger partial charge in [-0.1, -0.05) is 18.0 Å². The van der Waals surface area contributed by atoms with Crippen LogP contribution < -0.4 is 0 Å². The topological polar surface area (TPSA) is 62.4 Å². The number of thiophene rings is 1. The van der Waals surface area contributed by atoms with Crippen molar-refractivity contribution in [2.45, 2.75) is 45.3 Å². The standard InChI is InChI=1S/C15H21N3O2S/c1-11(19)15-16-14(17-20-15)13-7-6-12(21-13)10-18-8-4-2-3-5-9-18/h6-7,11,19H,2-5,8-10H2,1H3. The Kier molecular flexibility index (Phi) is 4.67. The van der Waals surface area contributed by atoms with Crippen LogP contribution in [0.3, 0.4) is 0 Å². The fraction of sp³-hybridized carbons (Fsp3) is 0.600. The molecule has 0 aliphatic carbocycles. The van der Waals surface area contributed by atoms with Gasteiger partial charge in [-0.05, 0) is 45.0 Å². The van der Waals surface area contributed by atoms with Crippen molar-refractivity contribution in [3.63, 3.8) is 0 Å². The first-order valence-corrected chi connectivity index (χ1v) is 8.37. The highest BCUT2D eigenvalue weighted by atomic mass is 32.1. The molecule has 2 aromatic heterocycles. The average Bonchev–Trinajstić information content (AvgIpc) is 3.04. The van der Waals surface area contributed by atoms with Crippen LogP contribution in [0.15, 0.2) is 16.7 Å². The Morgan fingerprint density at radius 2 is 2.05 bits per heavy atom. The Hall–Kier alpha value is -1.24. The van der Waals surface area contributed by atoms with E-state index >= 15 is 0 Å². The summed E-state index contributed by atoms with van der Waals surface area (Å²) in [5.74, 6) is 0.838. The molecule has 0 radical (unpaired) electrons.